The van der Waals surface area contributed by atoms with Crippen LogP contribution in [0.1, 0.15) is 38.8 Å². The molecule has 1 fully saturated rings. The molecule has 0 saturated carbocycles. The van der Waals surface area contributed by atoms with E-state index in [9.17, 15) is 22.8 Å². The molecule has 216 valence electrons. The minimum atomic E-state index is -4.70. The van der Waals surface area contributed by atoms with Gasteiger partial charge in [0.25, 0.3) is 5.91 Å². The zero-order valence-electron chi connectivity index (χ0n) is 21.9. The molecule has 1 unspecified atom stereocenters. The number of alkyl halides is 3. The van der Waals surface area contributed by atoms with Crippen LogP contribution >= 0.6 is 22.9 Å². The van der Waals surface area contributed by atoms with Crippen LogP contribution < -0.4 is 15.5 Å². The van der Waals surface area contributed by atoms with Crippen LogP contribution in [0, 0.1) is 0 Å². The van der Waals surface area contributed by atoms with Gasteiger partial charge in [0.15, 0.2) is 0 Å². The number of hydrogen-bond donors (Lipinski definition) is 2. The van der Waals surface area contributed by atoms with E-state index in [4.69, 9.17) is 16.3 Å². The lowest BCUT2D eigenvalue weighted by atomic mass is 10.1. The van der Waals surface area contributed by atoms with E-state index >= 15 is 0 Å². The molecule has 4 heterocycles. The number of rotatable bonds is 8. The van der Waals surface area contributed by atoms with Crippen LogP contribution in [0.15, 0.2) is 53.9 Å². The van der Waals surface area contributed by atoms with Crippen LogP contribution in [0.3, 0.4) is 0 Å². The Morgan fingerprint density at radius 1 is 1.15 bits per heavy atom. The number of aromatic nitrogens is 3. The number of aliphatic imine (C=N–C) groups is 1. The lowest BCUT2D eigenvalue weighted by molar-refractivity contribution is -0.137. The minimum absolute atomic E-state index is 0.121. The summed E-state index contributed by atoms with van der Waals surface area (Å²) in [5.74, 6) is -0.586. The molecule has 2 amide bonds. The number of pyridine rings is 2. The second-order valence-corrected chi connectivity index (χ2v) is 10.2. The maximum atomic E-state index is 13.1. The molecule has 3 aromatic heterocycles. The van der Waals surface area contributed by atoms with Crippen molar-refractivity contribution in [3.8, 4) is 0 Å². The Labute approximate surface area is 242 Å². The van der Waals surface area contributed by atoms with Gasteiger partial charge in [-0.1, -0.05) is 11.6 Å². The molecule has 1 atom stereocenters. The summed E-state index contributed by atoms with van der Waals surface area (Å²) in [7, 11) is 1.61. The highest BCUT2D eigenvalue weighted by Gasteiger charge is 2.34. The molecule has 0 aromatic carbocycles. The van der Waals surface area contributed by atoms with E-state index < -0.39 is 34.6 Å². The first-order valence-corrected chi connectivity index (χ1v) is 13.5. The van der Waals surface area contributed by atoms with Gasteiger partial charge >= 0.3 is 6.18 Å². The quantitative estimate of drug-likeness (QED) is 0.285. The van der Waals surface area contributed by atoms with Crippen LogP contribution in [-0.2, 0) is 15.7 Å². The van der Waals surface area contributed by atoms with Gasteiger partial charge in [-0.15, -0.1) is 11.3 Å². The Hall–Kier alpha value is -3.88. The summed E-state index contributed by atoms with van der Waals surface area (Å²) in [4.78, 5) is 44.0. The predicted octanol–water partition coefficient (Wildman–Crippen LogP) is 4.55. The van der Waals surface area contributed by atoms with Gasteiger partial charge in [0.05, 0.1) is 41.8 Å². The van der Waals surface area contributed by atoms with E-state index in [1.165, 1.54) is 12.3 Å². The van der Waals surface area contributed by atoms with Crippen molar-refractivity contribution in [2.24, 2.45) is 4.99 Å². The van der Waals surface area contributed by atoms with Crippen molar-refractivity contribution in [3.63, 3.8) is 0 Å². The molecule has 1 aliphatic rings. The maximum Gasteiger partial charge on any atom is 0.418 e. The van der Waals surface area contributed by atoms with Crippen LogP contribution in [0.4, 0.5) is 24.8 Å². The van der Waals surface area contributed by atoms with Gasteiger partial charge in [0.2, 0.25) is 5.91 Å². The van der Waals surface area contributed by atoms with E-state index in [0.717, 1.165) is 42.0 Å². The Morgan fingerprint density at radius 3 is 2.56 bits per heavy atom. The highest BCUT2D eigenvalue weighted by atomic mass is 35.5. The number of carbonyl (C=O) groups is 2. The van der Waals surface area contributed by atoms with Gasteiger partial charge in [0, 0.05) is 44.2 Å². The van der Waals surface area contributed by atoms with Crippen LogP contribution in [0.5, 0.6) is 0 Å². The number of carbonyl (C=O) groups excluding carboxylic acids is 2. The van der Waals surface area contributed by atoms with Gasteiger partial charge in [-0.3, -0.25) is 14.6 Å². The predicted molar refractivity (Wildman–Crippen MR) is 150 cm³/mol. The number of allylic oxidation sites excluding steroid dienone is 1. The maximum absolute atomic E-state index is 13.1. The van der Waals surface area contributed by atoms with Crippen molar-refractivity contribution in [2.75, 3.05) is 43.6 Å². The number of morpholine rings is 1. The fourth-order valence-corrected chi connectivity index (χ4v) is 4.82. The van der Waals surface area contributed by atoms with Crippen molar-refractivity contribution in [1.29, 1.82) is 0 Å². The molecule has 3 aromatic rings. The third-order valence-electron chi connectivity index (χ3n) is 5.89. The lowest BCUT2D eigenvalue weighted by Gasteiger charge is -2.27. The molecule has 10 nitrogen and oxygen atoms in total. The third kappa shape index (κ3) is 7.86. The van der Waals surface area contributed by atoms with Gasteiger partial charge < -0.3 is 20.3 Å². The van der Waals surface area contributed by atoms with Crippen LogP contribution in [0.25, 0.3) is 0 Å². The number of thiazole rings is 1. The monoisotopic (exact) mass is 607 g/mol. The number of nitrogens with one attached hydrogen (secondary N) is 2. The van der Waals surface area contributed by atoms with E-state index in [1.807, 2.05) is 12.1 Å². The van der Waals surface area contributed by atoms with Crippen molar-refractivity contribution in [2.45, 2.75) is 19.1 Å². The van der Waals surface area contributed by atoms with Gasteiger partial charge in [-0.05, 0) is 31.2 Å². The SMILES string of the molecule is CN=C(/C=C/C(=O)NC(C)c1ncc(C(=O)Nc2cc(C(F)(F)F)c(Cl)cn2)s1)c1ccc(N2CCOCC2)nc1. The normalized spacial score (nSPS) is 15.2. The van der Waals surface area contributed by atoms with Crippen LogP contribution in [-0.4, -0.2) is 65.8 Å². The van der Waals surface area contributed by atoms with E-state index in [0.29, 0.717) is 30.0 Å². The van der Waals surface area contributed by atoms with Gasteiger partial charge in [-0.25, -0.2) is 15.0 Å². The summed E-state index contributed by atoms with van der Waals surface area (Å²) >= 11 is 6.55. The molecular weight excluding hydrogens is 583 g/mol. The standard InChI is InChI=1S/C26H25ClF3N7O3S/c1-15(25-34-14-20(41-25)24(39)36-21-11-17(26(28,29)30)18(27)13-32-21)35-23(38)6-4-19(31-2)16-3-5-22(33-12-16)37-7-9-40-10-8-37/h3-6,11-15H,7-10H2,1-2H3,(H,35,38)(H,32,36,39)/b6-4+,31-19?. The first kappa shape index (κ1) is 30.1. The number of hydrogen-bond acceptors (Lipinski definition) is 9. The van der Waals surface area contributed by atoms with Gasteiger partial charge in [-0.2, -0.15) is 13.2 Å². The third-order valence-corrected chi connectivity index (χ3v) is 7.37. The molecule has 0 aliphatic carbocycles. The average Bonchev–Trinajstić information content (AvgIpc) is 3.46. The fraction of sp³-hybridized carbons (Fsp3) is 0.308. The molecule has 41 heavy (non-hydrogen) atoms. The molecule has 1 aliphatic heterocycles. The summed E-state index contributed by atoms with van der Waals surface area (Å²) in [5.41, 5.74) is 0.192. The second-order valence-electron chi connectivity index (χ2n) is 8.74. The van der Waals surface area contributed by atoms with Gasteiger partial charge in [0.1, 0.15) is 21.5 Å². The van der Waals surface area contributed by atoms with Crippen molar-refractivity contribution in [1.82, 2.24) is 20.3 Å². The van der Waals surface area contributed by atoms with Crippen molar-refractivity contribution < 1.29 is 27.5 Å². The summed E-state index contributed by atoms with van der Waals surface area (Å²) in [6, 6.07) is 3.88. The number of ether oxygens (including phenoxy) is 1. The largest absolute Gasteiger partial charge is 0.418 e. The van der Waals surface area contributed by atoms with E-state index in [-0.39, 0.29) is 10.7 Å². The smallest absolute Gasteiger partial charge is 0.378 e. The first-order valence-electron chi connectivity index (χ1n) is 12.3. The number of halogens is 4. The first-order chi connectivity index (χ1) is 19.5. The molecule has 0 spiro atoms. The Bertz CT molecular complexity index is 1460. The number of anilines is 2. The molecule has 0 bridgehead atoms. The molecule has 0 radical (unpaired) electrons. The molecular formula is C26H25ClF3N7O3S. The molecule has 15 heteroatoms. The average molecular weight is 608 g/mol. The van der Waals surface area contributed by atoms with Crippen molar-refractivity contribution in [3.05, 3.63) is 75.0 Å². The highest BCUT2D eigenvalue weighted by molar-refractivity contribution is 7.13. The Kier molecular flexibility index (Phi) is 9.68. The summed E-state index contributed by atoms with van der Waals surface area (Å²) < 4.78 is 44.6. The number of nitrogens with zero attached hydrogens (tertiary/aromatic N) is 5. The van der Waals surface area contributed by atoms with E-state index in [2.05, 4.69) is 35.5 Å². The van der Waals surface area contributed by atoms with Crippen molar-refractivity contribution >= 4 is 52.1 Å². The fourth-order valence-electron chi connectivity index (χ4n) is 3.79. The summed E-state index contributed by atoms with van der Waals surface area (Å²) in [6.07, 6.45) is 1.98. The Morgan fingerprint density at radius 2 is 1.90 bits per heavy atom. The topological polar surface area (TPSA) is 122 Å². The summed E-state index contributed by atoms with van der Waals surface area (Å²) in [5, 5.41) is 4.91. The highest BCUT2D eigenvalue weighted by Crippen LogP contribution is 2.35. The van der Waals surface area contributed by atoms with Crippen LogP contribution in [0.2, 0.25) is 5.02 Å². The molecule has 1 saturated heterocycles. The summed E-state index contributed by atoms with van der Waals surface area (Å²) in [6.45, 7) is 4.54. The van der Waals surface area contributed by atoms with E-state index in [1.54, 1.807) is 26.2 Å². The zero-order chi connectivity index (χ0) is 29.6. The Balaban J connectivity index is 1.34. The second kappa shape index (κ2) is 13.2. The molecule has 4 rings (SSSR count). The molecule has 2 N–H and O–H groups in total. The lowest BCUT2D eigenvalue weighted by Crippen LogP contribution is -2.36. The minimum Gasteiger partial charge on any atom is -0.378 e. The number of amides is 2. The zero-order valence-corrected chi connectivity index (χ0v) is 23.5.